The zero-order valence-electron chi connectivity index (χ0n) is 11.2. The molecule has 0 spiro atoms. The summed E-state index contributed by atoms with van der Waals surface area (Å²) in [5, 5.41) is 0. The summed E-state index contributed by atoms with van der Waals surface area (Å²) in [4.78, 5) is 16.6. The molecular weight excluding hydrogens is 216 g/mol. The highest BCUT2D eigenvalue weighted by Gasteiger charge is 2.33. The van der Waals surface area contributed by atoms with E-state index in [4.69, 9.17) is 4.74 Å². The number of ether oxygens (including phenoxy) is 1. The number of hydrogen-bond acceptors (Lipinski definition) is 3. The molecule has 2 rings (SSSR count). The summed E-state index contributed by atoms with van der Waals surface area (Å²) >= 11 is 0. The standard InChI is InChI=1S/C13H24N2O2/c1-10(2)15-7-6-14(9-11(15)3)13(16)12-5-4-8-17-12/h10-12H,4-9H2,1-3H3. The first kappa shape index (κ1) is 12.8. The zero-order valence-corrected chi connectivity index (χ0v) is 11.2. The molecule has 0 aromatic rings. The van der Waals surface area contributed by atoms with Crippen molar-refractivity contribution in [3.05, 3.63) is 0 Å². The monoisotopic (exact) mass is 240 g/mol. The third-order valence-corrected chi connectivity index (χ3v) is 3.86. The molecule has 0 aliphatic carbocycles. The molecule has 0 saturated carbocycles. The van der Waals surface area contributed by atoms with Gasteiger partial charge in [0.1, 0.15) is 6.10 Å². The van der Waals surface area contributed by atoms with Crippen LogP contribution in [0, 0.1) is 0 Å². The van der Waals surface area contributed by atoms with E-state index in [0.29, 0.717) is 12.1 Å². The molecule has 1 amide bonds. The normalized spacial score (nSPS) is 31.2. The first-order valence-electron chi connectivity index (χ1n) is 6.75. The first-order chi connectivity index (χ1) is 8.09. The van der Waals surface area contributed by atoms with Crippen LogP contribution in [-0.2, 0) is 9.53 Å². The number of hydrogen-bond donors (Lipinski definition) is 0. The third-order valence-electron chi connectivity index (χ3n) is 3.86. The van der Waals surface area contributed by atoms with Crippen LogP contribution in [0.25, 0.3) is 0 Å². The molecule has 0 bridgehead atoms. The highest BCUT2D eigenvalue weighted by molar-refractivity contribution is 5.81. The fourth-order valence-electron chi connectivity index (χ4n) is 2.92. The lowest BCUT2D eigenvalue weighted by Crippen LogP contribution is -2.57. The van der Waals surface area contributed by atoms with Gasteiger partial charge in [-0.15, -0.1) is 0 Å². The summed E-state index contributed by atoms with van der Waals surface area (Å²) in [6, 6.07) is 1.01. The van der Waals surface area contributed by atoms with Crippen LogP contribution >= 0.6 is 0 Å². The zero-order chi connectivity index (χ0) is 12.4. The lowest BCUT2D eigenvalue weighted by Gasteiger charge is -2.42. The van der Waals surface area contributed by atoms with Gasteiger partial charge in [-0.05, 0) is 33.6 Å². The molecular formula is C13H24N2O2. The Labute approximate surface area is 104 Å². The van der Waals surface area contributed by atoms with Gasteiger partial charge in [-0.25, -0.2) is 0 Å². The molecule has 2 heterocycles. The van der Waals surface area contributed by atoms with Crippen molar-refractivity contribution in [3.8, 4) is 0 Å². The number of amides is 1. The summed E-state index contributed by atoms with van der Waals surface area (Å²) in [7, 11) is 0. The van der Waals surface area contributed by atoms with Crippen LogP contribution in [0.15, 0.2) is 0 Å². The maximum Gasteiger partial charge on any atom is 0.251 e. The largest absolute Gasteiger partial charge is 0.368 e. The predicted octanol–water partition coefficient (Wildman–Crippen LogP) is 1.11. The smallest absolute Gasteiger partial charge is 0.251 e. The molecule has 2 aliphatic heterocycles. The van der Waals surface area contributed by atoms with Crippen LogP contribution in [0.1, 0.15) is 33.6 Å². The molecule has 0 aromatic heterocycles. The van der Waals surface area contributed by atoms with Gasteiger partial charge in [0.2, 0.25) is 0 Å². The van der Waals surface area contributed by atoms with Crippen molar-refractivity contribution in [2.24, 2.45) is 0 Å². The van der Waals surface area contributed by atoms with Crippen LogP contribution < -0.4 is 0 Å². The molecule has 17 heavy (non-hydrogen) atoms. The number of carbonyl (C=O) groups excluding carboxylic acids is 1. The van der Waals surface area contributed by atoms with Crippen molar-refractivity contribution < 1.29 is 9.53 Å². The van der Waals surface area contributed by atoms with Gasteiger partial charge in [-0.3, -0.25) is 9.69 Å². The highest BCUT2D eigenvalue weighted by atomic mass is 16.5. The van der Waals surface area contributed by atoms with E-state index in [9.17, 15) is 4.79 Å². The van der Waals surface area contributed by atoms with Crippen molar-refractivity contribution >= 4 is 5.91 Å². The Kier molecular flexibility index (Phi) is 4.05. The van der Waals surface area contributed by atoms with E-state index >= 15 is 0 Å². The molecule has 2 aliphatic rings. The van der Waals surface area contributed by atoms with Gasteiger partial charge < -0.3 is 9.64 Å². The van der Waals surface area contributed by atoms with Crippen LogP contribution in [0.2, 0.25) is 0 Å². The van der Waals surface area contributed by atoms with E-state index in [0.717, 1.165) is 39.1 Å². The molecule has 4 heteroatoms. The summed E-state index contributed by atoms with van der Waals surface area (Å²) < 4.78 is 5.47. The van der Waals surface area contributed by atoms with E-state index < -0.39 is 0 Å². The van der Waals surface area contributed by atoms with Crippen LogP contribution in [-0.4, -0.2) is 60.1 Å². The first-order valence-corrected chi connectivity index (χ1v) is 6.75. The molecule has 0 N–H and O–H groups in total. The average molecular weight is 240 g/mol. The van der Waals surface area contributed by atoms with E-state index in [1.807, 2.05) is 4.90 Å². The minimum Gasteiger partial charge on any atom is -0.368 e. The molecule has 98 valence electrons. The van der Waals surface area contributed by atoms with Crippen LogP contribution in [0.3, 0.4) is 0 Å². The Morgan fingerprint density at radius 1 is 1.35 bits per heavy atom. The Morgan fingerprint density at radius 2 is 2.12 bits per heavy atom. The summed E-state index contributed by atoms with van der Waals surface area (Å²) in [6.07, 6.45) is 1.77. The minimum atomic E-state index is -0.159. The van der Waals surface area contributed by atoms with Crippen LogP contribution in [0.4, 0.5) is 0 Å². The van der Waals surface area contributed by atoms with E-state index in [1.54, 1.807) is 0 Å². The minimum absolute atomic E-state index is 0.159. The van der Waals surface area contributed by atoms with Gasteiger partial charge in [0, 0.05) is 38.3 Å². The lowest BCUT2D eigenvalue weighted by atomic mass is 10.1. The fourth-order valence-corrected chi connectivity index (χ4v) is 2.92. The number of carbonyl (C=O) groups is 1. The number of rotatable bonds is 2. The third kappa shape index (κ3) is 2.80. The van der Waals surface area contributed by atoms with Crippen molar-refractivity contribution in [1.29, 1.82) is 0 Å². The molecule has 0 radical (unpaired) electrons. The molecule has 2 unspecified atom stereocenters. The van der Waals surface area contributed by atoms with Gasteiger partial charge in [-0.2, -0.15) is 0 Å². The molecule has 0 aromatic carbocycles. The van der Waals surface area contributed by atoms with Crippen molar-refractivity contribution in [1.82, 2.24) is 9.80 Å². The molecule has 4 nitrogen and oxygen atoms in total. The Balaban J connectivity index is 1.90. The topological polar surface area (TPSA) is 32.8 Å². The van der Waals surface area contributed by atoms with Crippen LogP contribution in [0.5, 0.6) is 0 Å². The van der Waals surface area contributed by atoms with E-state index in [1.165, 1.54) is 0 Å². The van der Waals surface area contributed by atoms with E-state index in [2.05, 4.69) is 25.7 Å². The SMILES string of the molecule is CC(C)N1CCN(C(=O)C2CCCO2)CC1C. The summed E-state index contributed by atoms with van der Waals surface area (Å²) in [5.74, 6) is 0.206. The van der Waals surface area contributed by atoms with Gasteiger partial charge in [0.05, 0.1) is 0 Å². The van der Waals surface area contributed by atoms with Gasteiger partial charge in [0.15, 0.2) is 0 Å². The molecule has 2 atom stereocenters. The molecule has 2 fully saturated rings. The highest BCUT2D eigenvalue weighted by Crippen LogP contribution is 2.18. The summed E-state index contributed by atoms with van der Waals surface area (Å²) in [5.41, 5.74) is 0. The van der Waals surface area contributed by atoms with Gasteiger partial charge >= 0.3 is 0 Å². The van der Waals surface area contributed by atoms with Gasteiger partial charge in [0.25, 0.3) is 5.91 Å². The Bertz CT molecular complexity index is 275. The van der Waals surface area contributed by atoms with Crippen molar-refractivity contribution in [2.75, 3.05) is 26.2 Å². The second kappa shape index (κ2) is 5.36. The Hall–Kier alpha value is -0.610. The van der Waals surface area contributed by atoms with E-state index in [-0.39, 0.29) is 12.0 Å². The quantitative estimate of drug-likeness (QED) is 0.725. The second-order valence-electron chi connectivity index (χ2n) is 5.47. The van der Waals surface area contributed by atoms with Gasteiger partial charge in [-0.1, -0.05) is 0 Å². The Morgan fingerprint density at radius 3 is 2.65 bits per heavy atom. The summed E-state index contributed by atoms with van der Waals surface area (Å²) in [6.45, 7) is 10.1. The number of piperazine rings is 1. The lowest BCUT2D eigenvalue weighted by molar-refractivity contribution is -0.144. The molecule has 2 saturated heterocycles. The predicted molar refractivity (Wildman–Crippen MR) is 66.9 cm³/mol. The second-order valence-corrected chi connectivity index (χ2v) is 5.47. The maximum atomic E-state index is 12.2. The maximum absolute atomic E-state index is 12.2. The fraction of sp³-hybridized carbons (Fsp3) is 0.923. The van der Waals surface area contributed by atoms with Crippen molar-refractivity contribution in [3.63, 3.8) is 0 Å². The number of nitrogens with zero attached hydrogens (tertiary/aromatic N) is 2. The average Bonchev–Trinajstić information content (AvgIpc) is 2.80. The van der Waals surface area contributed by atoms with Crippen molar-refractivity contribution in [2.45, 2.75) is 51.8 Å².